The van der Waals surface area contributed by atoms with Gasteiger partial charge in [0.25, 0.3) is 5.91 Å². The molecule has 1 aromatic carbocycles. The van der Waals surface area contributed by atoms with Crippen molar-refractivity contribution in [1.29, 1.82) is 0 Å². The summed E-state index contributed by atoms with van der Waals surface area (Å²) in [5.41, 5.74) is 1.57. The Labute approximate surface area is 156 Å². The molecule has 0 aliphatic carbocycles. The summed E-state index contributed by atoms with van der Waals surface area (Å²) < 4.78 is 11.0. The van der Waals surface area contributed by atoms with Gasteiger partial charge >= 0.3 is 0 Å². The number of hydrogen-bond acceptors (Lipinski definition) is 4. The average Bonchev–Trinajstić information content (AvgIpc) is 3.32. The van der Waals surface area contributed by atoms with Gasteiger partial charge in [0.05, 0.1) is 7.11 Å². The van der Waals surface area contributed by atoms with Gasteiger partial charge in [-0.1, -0.05) is 12.1 Å². The van der Waals surface area contributed by atoms with Gasteiger partial charge in [-0.05, 0) is 56.3 Å². The van der Waals surface area contributed by atoms with Gasteiger partial charge in [0.1, 0.15) is 11.9 Å². The van der Waals surface area contributed by atoms with Crippen molar-refractivity contribution in [2.75, 3.05) is 39.9 Å². The first-order chi connectivity index (χ1) is 12.7. The van der Waals surface area contributed by atoms with Crippen LogP contribution in [0.2, 0.25) is 0 Å². The van der Waals surface area contributed by atoms with E-state index < -0.39 is 0 Å². The molecule has 0 aromatic heterocycles. The Kier molecular flexibility index (Phi) is 5.18. The second kappa shape index (κ2) is 7.57. The van der Waals surface area contributed by atoms with Crippen molar-refractivity contribution < 1.29 is 14.3 Å². The SMILES string of the molecule is COc1cccc(CN2CCC[C@@]3(CCN(C(=O)[C@H]4CCCO4)C3)C2)c1. The highest BCUT2D eigenvalue weighted by molar-refractivity contribution is 5.81. The first-order valence-electron chi connectivity index (χ1n) is 9.93. The second-order valence-corrected chi connectivity index (χ2v) is 8.18. The van der Waals surface area contributed by atoms with E-state index in [9.17, 15) is 4.79 Å². The van der Waals surface area contributed by atoms with E-state index in [2.05, 4.69) is 28.0 Å². The van der Waals surface area contributed by atoms with Crippen LogP contribution in [-0.4, -0.2) is 61.7 Å². The zero-order chi connectivity index (χ0) is 18.0. The lowest BCUT2D eigenvalue weighted by Crippen LogP contribution is -2.46. The molecule has 1 aromatic rings. The summed E-state index contributed by atoms with van der Waals surface area (Å²) in [4.78, 5) is 17.3. The van der Waals surface area contributed by atoms with Gasteiger partial charge in [0.2, 0.25) is 0 Å². The lowest BCUT2D eigenvalue weighted by Gasteiger charge is -2.40. The first-order valence-corrected chi connectivity index (χ1v) is 9.93. The minimum atomic E-state index is -0.179. The number of carbonyl (C=O) groups excluding carboxylic acids is 1. The molecule has 1 spiro atoms. The molecule has 3 aliphatic rings. The molecule has 26 heavy (non-hydrogen) atoms. The Hall–Kier alpha value is -1.59. The van der Waals surface area contributed by atoms with Gasteiger partial charge in [-0.15, -0.1) is 0 Å². The van der Waals surface area contributed by atoms with Crippen LogP contribution in [0.5, 0.6) is 5.75 Å². The normalized spacial score (nSPS) is 29.4. The van der Waals surface area contributed by atoms with Crippen molar-refractivity contribution >= 4 is 5.91 Å². The molecule has 5 nitrogen and oxygen atoms in total. The summed E-state index contributed by atoms with van der Waals surface area (Å²) in [6, 6.07) is 8.35. The Balaban J connectivity index is 1.37. The van der Waals surface area contributed by atoms with E-state index in [1.54, 1.807) is 7.11 Å². The molecule has 2 atom stereocenters. The summed E-state index contributed by atoms with van der Waals surface area (Å²) in [5.74, 6) is 1.15. The van der Waals surface area contributed by atoms with Gasteiger partial charge in [-0.3, -0.25) is 9.69 Å². The van der Waals surface area contributed by atoms with Gasteiger partial charge < -0.3 is 14.4 Å². The fourth-order valence-electron chi connectivity index (χ4n) is 4.91. The largest absolute Gasteiger partial charge is 0.497 e. The minimum Gasteiger partial charge on any atom is -0.497 e. The standard InChI is InChI=1S/C21H30N2O3/c1-25-18-6-2-5-17(13-18)14-22-10-4-8-21(15-22)9-11-23(16-21)20(24)19-7-3-12-26-19/h2,5-6,13,19H,3-4,7-12,14-16H2,1H3/t19-,21-/m1/s1. The van der Waals surface area contributed by atoms with Gasteiger partial charge in [0, 0.05) is 38.2 Å². The third kappa shape index (κ3) is 3.74. The maximum atomic E-state index is 12.7. The number of piperidine rings is 1. The van der Waals surface area contributed by atoms with E-state index in [0.717, 1.165) is 64.3 Å². The maximum absolute atomic E-state index is 12.7. The molecule has 3 heterocycles. The van der Waals surface area contributed by atoms with Crippen LogP contribution in [0.15, 0.2) is 24.3 Å². The molecule has 0 bridgehead atoms. The summed E-state index contributed by atoms with van der Waals surface area (Å²) in [6.45, 7) is 5.71. The van der Waals surface area contributed by atoms with Crippen molar-refractivity contribution in [2.45, 2.75) is 44.8 Å². The number of likely N-dealkylation sites (tertiary alicyclic amines) is 2. The van der Waals surface area contributed by atoms with E-state index in [0.29, 0.717) is 0 Å². The van der Waals surface area contributed by atoms with E-state index >= 15 is 0 Å². The summed E-state index contributed by atoms with van der Waals surface area (Å²) >= 11 is 0. The highest BCUT2D eigenvalue weighted by Crippen LogP contribution is 2.40. The number of methoxy groups -OCH3 is 1. The van der Waals surface area contributed by atoms with Crippen LogP contribution in [0.4, 0.5) is 0 Å². The molecule has 1 amide bonds. The predicted molar refractivity (Wildman–Crippen MR) is 100 cm³/mol. The average molecular weight is 358 g/mol. The number of hydrogen-bond donors (Lipinski definition) is 0. The van der Waals surface area contributed by atoms with Crippen molar-refractivity contribution in [3.63, 3.8) is 0 Å². The van der Waals surface area contributed by atoms with Gasteiger partial charge in [-0.25, -0.2) is 0 Å². The molecule has 5 heteroatoms. The van der Waals surface area contributed by atoms with E-state index in [1.165, 1.54) is 18.4 Å². The molecule has 0 radical (unpaired) electrons. The molecule has 0 unspecified atom stereocenters. The molecule has 3 aliphatic heterocycles. The molecular formula is C21H30N2O3. The Morgan fingerprint density at radius 3 is 3.00 bits per heavy atom. The number of benzene rings is 1. The molecular weight excluding hydrogens is 328 g/mol. The van der Waals surface area contributed by atoms with Crippen molar-refractivity contribution in [2.24, 2.45) is 5.41 Å². The lowest BCUT2D eigenvalue weighted by molar-refractivity contribution is -0.140. The van der Waals surface area contributed by atoms with Crippen LogP contribution in [0.3, 0.4) is 0 Å². The molecule has 3 saturated heterocycles. The number of carbonyl (C=O) groups is 1. The third-order valence-corrected chi connectivity index (χ3v) is 6.24. The Morgan fingerprint density at radius 1 is 1.27 bits per heavy atom. The number of rotatable bonds is 4. The van der Waals surface area contributed by atoms with Crippen LogP contribution in [0.25, 0.3) is 0 Å². The van der Waals surface area contributed by atoms with Crippen molar-refractivity contribution in [3.8, 4) is 5.75 Å². The van der Waals surface area contributed by atoms with Crippen LogP contribution in [0, 0.1) is 5.41 Å². The predicted octanol–water partition coefficient (Wildman–Crippen LogP) is 2.69. The number of amides is 1. The van der Waals surface area contributed by atoms with Crippen LogP contribution < -0.4 is 4.74 Å². The highest BCUT2D eigenvalue weighted by Gasteiger charge is 2.44. The van der Waals surface area contributed by atoms with E-state index in [1.807, 2.05) is 6.07 Å². The van der Waals surface area contributed by atoms with Crippen molar-refractivity contribution in [3.05, 3.63) is 29.8 Å². The Bertz CT molecular complexity index is 644. The highest BCUT2D eigenvalue weighted by atomic mass is 16.5. The van der Waals surface area contributed by atoms with Crippen LogP contribution >= 0.6 is 0 Å². The zero-order valence-electron chi connectivity index (χ0n) is 15.8. The third-order valence-electron chi connectivity index (χ3n) is 6.24. The quantitative estimate of drug-likeness (QED) is 0.830. The first kappa shape index (κ1) is 17.8. The molecule has 3 fully saturated rings. The zero-order valence-corrected chi connectivity index (χ0v) is 15.8. The number of nitrogens with zero attached hydrogens (tertiary/aromatic N) is 2. The van der Waals surface area contributed by atoms with Crippen molar-refractivity contribution in [1.82, 2.24) is 9.80 Å². The van der Waals surface area contributed by atoms with E-state index in [4.69, 9.17) is 9.47 Å². The second-order valence-electron chi connectivity index (χ2n) is 8.18. The number of ether oxygens (including phenoxy) is 2. The summed E-state index contributed by atoms with van der Waals surface area (Å²) in [5, 5.41) is 0. The molecule has 4 rings (SSSR count). The minimum absolute atomic E-state index is 0.179. The maximum Gasteiger partial charge on any atom is 0.251 e. The smallest absolute Gasteiger partial charge is 0.251 e. The topological polar surface area (TPSA) is 42.0 Å². The van der Waals surface area contributed by atoms with Gasteiger partial charge in [0.15, 0.2) is 0 Å². The monoisotopic (exact) mass is 358 g/mol. The molecule has 0 N–H and O–H groups in total. The van der Waals surface area contributed by atoms with Gasteiger partial charge in [-0.2, -0.15) is 0 Å². The molecule has 0 saturated carbocycles. The summed E-state index contributed by atoms with van der Waals surface area (Å²) in [7, 11) is 1.72. The van der Waals surface area contributed by atoms with E-state index in [-0.39, 0.29) is 17.4 Å². The Morgan fingerprint density at radius 2 is 2.19 bits per heavy atom. The molecule has 142 valence electrons. The van der Waals surface area contributed by atoms with Crippen LogP contribution in [-0.2, 0) is 16.1 Å². The lowest BCUT2D eigenvalue weighted by atomic mass is 9.79. The van der Waals surface area contributed by atoms with Crippen LogP contribution in [0.1, 0.15) is 37.7 Å². The fraction of sp³-hybridized carbons (Fsp3) is 0.667. The summed E-state index contributed by atoms with van der Waals surface area (Å²) in [6.07, 6.45) is 5.30. The fourth-order valence-corrected chi connectivity index (χ4v) is 4.91.